The van der Waals surface area contributed by atoms with Gasteiger partial charge in [0.15, 0.2) is 16.8 Å². The van der Waals surface area contributed by atoms with Gasteiger partial charge in [-0.3, -0.25) is 9.36 Å². The normalized spacial score (nSPS) is 11.4. The van der Waals surface area contributed by atoms with Crippen molar-refractivity contribution >= 4 is 28.6 Å². The van der Waals surface area contributed by atoms with Crippen LogP contribution in [-0.2, 0) is 7.05 Å². The molecule has 0 saturated heterocycles. The van der Waals surface area contributed by atoms with Crippen molar-refractivity contribution < 1.29 is 9.32 Å². The summed E-state index contributed by atoms with van der Waals surface area (Å²) < 4.78 is 9.15. The van der Waals surface area contributed by atoms with Gasteiger partial charge >= 0.3 is 0 Å². The summed E-state index contributed by atoms with van der Waals surface area (Å²) in [7, 11) is 1.97. The van der Waals surface area contributed by atoms with Gasteiger partial charge in [-0.25, -0.2) is 4.98 Å². The number of carbonyl (C=O) groups is 1. The highest BCUT2D eigenvalue weighted by Gasteiger charge is 2.19. The maximum absolute atomic E-state index is 12.9. The third kappa shape index (κ3) is 3.08. The highest BCUT2D eigenvalue weighted by Crippen LogP contribution is 2.26. The summed E-state index contributed by atoms with van der Waals surface area (Å²) in [4.78, 5) is 17.5. The van der Waals surface area contributed by atoms with Crippen LogP contribution in [0.15, 0.2) is 46.1 Å². The van der Waals surface area contributed by atoms with Crippen LogP contribution in [0.25, 0.3) is 16.9 Å². The molecule has 6 nitrogen and oxygen atoms in total. The molecular weight excluding hydrogens is 360 g/mol. The Morgan fingerprint density at radius 1 is 1.19 bits per heavy atom. The molecule has 3 aromatic heterocycles. The minimum Gasteiger partial charge on any atom is -0.360 e. The fourth-order valence-corrected chi connectivity index (χ4v) is 4.19. The van der Waals surface area contributed by atoms with Crippen molar-refractivity contribution in [1.82, 2.24) is 19.3 Å². The summed E-state index contributed by atoms with van der Waals surface area (Å²) in [6, 6.07) is 11.7. The van der Waals surface area contributed by atoms with Crippen LogP contribution in [0, 0.1) is 20.8 Å². The first-order valence-corrected chi connectivity index (χ1v) is 9.64. The SMILES string of the molecule is Cc1cc(-n2c(C)cc(C(=O)CSc3nc4ccccc4n3C)c2C)no1. The van der Waals surface area contributed by atoms with E-state index in [1.807, 2.05) is 73.4 Å². The molecule has 0 aliphatic heterocycles. The van der Waals surface area contributed by atoms with Gasteiger partial charge in [-0.1, -0.05) is 29.1 Å². The van der Waals surface area contributed by atoms with Crippen molar-refractivity contribution in [3.05, 3.63) is 59.1 Å². The van der Waals surface area contributed by atoms with E-state index < -0.39 is 0 Å². The lowest BCUT2D eigenvalue weighted by Gasteiger charge is -2.05. The molecule has 0 saturated carbocycles. The fraction of sp³-hybridized carbons (Fsp3) is 0.250. The third-order valence-corrected chi connectivity index (χ3v) is 5.68. The fourth-order valence-electron chi connectivity index (χ4n) is 3.32. The molecular formula is C20H20N4O2S. The number of benzene rings is 1. The summed E-state index contributed by atoms with van der Waals surface area (Å²) in [5.74, 6) is 1.85. The number of ketones is 1. The molecule has 138 valence electrons. The van der Waals surface area contributed by atoms with E-state index in [0.29, 0.717) is 17.1 Å². The predicted octanol–water partition coefficient (Wildman–Crippen LogP) is 4.25. The second-order valence-corrected chi connectivity index (χ2v) is 7.51. The average Bonchev–Trinajstić information content (AvgIpc) is 3.30. The molecule has 0 fully saturated rings. The zero-order valence-corrected chi connectivity index (χ0v) is 16.5. The number of carbonyl (C=O) groups excluding carboxylic acids is 1. The van der Waals surface area contributed by atoms with Crippen LogP contribution >= 0.6 is 11.8 Å². The van der Waals surface area contributed by atoms with E-state index in [4.69, 9.17) is 4.52 Å². The molecule has 27 heavy (non-hydrogen) atoms. The summed E-state index contributed by atoms with van der Waals surface area (Å²) in [6.45, 7) is 5.75. The maximum atomic E-state index is 12.9. The molecule has 4 aromatic rings. The number of aromatic nitrogens is 4. The molecule has 0 atom stereocenters. The van der Waals surface area contributed by atoms with Crippen LogP contribution < -0.4 is 0 Å². The van der Waals surface area contributed by atoms with E-state index in [-0.39, 0.29) is 5.78 Å². The predicted molar refractivity (Wildman–Crippen MR) is 106 cm³/mol. The van der Waals surface area contributed by atoms with Crippen LogP contribution in [0.3, 0.4) is 0 Å². The number of rotatable bonds is 5. The van der Waals surface area contributed by atoms with Crippen molar-refractivity contribution in [2.45, 2.75) is 25.9 Å². The van der Waals surface area contributed by atoms with E-state index in [1.54, 1.807) is 0 Å². The molecule has 1 aromatic carbocycles. The molecule has 7 heteroatoms. The van der Waals surface area contributed by atoms with Crippen LogP contribution in [0.1, 0.15) is 27.5 Å². The van der Waals surface area contributed by atoms with Gasteiger partial charge in [0.1, 0.15) is 5.76 Å². The summed E-state index contributed by atoms with van der Waals surface area (Å²) in [6.07, 6.45) is 0. The summed E-state index contributed by atoms with van der Waals surface area (Å²) in [5, 5.41) is 4.91. The molecule has 0 unspecified atom stereocenters. The largest absolute Gasteiger partial charge is 0.360 e. The first-order valence-electron chi connectivity index (χ1n) is 8.66. The standard InChI is InChI=1S/C20H20N4O2S/c1-12-9-15(14(3)24(12)19-10-13(2)26-22-19)18(25)11-27-20-21-16-7-5-6-8-17(16)23(20)4/h5-10H,11H2,1-4H3. The van der Waals surface area contributed by atoms with Crippen molar-refractivity contribution in [2.24, 2.45) is 7.05 Å². The van der Waals surface area contributed by atoms with E-state index >= 15 is 0 Å². The third-order valence-electron chi connectivity index (χ3n) is 4.65. The van der Waals surface area contributed by atoms with Crippen LogP contribution in [-0.4, -0.2) is 30.8 Å². The molecule has 0 aliphatic carbocycles. The highest BCUT2D eigenvalue weighted by atomic mass is 32.2. The van der Waals surface area contributed by atoms with Gasteiger partial charge in [0.25, 0.3) is 0 Å². The topological polar surface area (TPSA) is 65.8 Å². The lowest BCUT2D eigenvalue weighted by molar-refractivity contribution is 0.102. The molecule has 0 spiro atoms. The van der Waals surface area contributed by atoms with Gasteiger partial charge in [-0.2, -0.15) is 0 Å². The monoisotopic (exact) mass is 380 g/mol. The number of fused-ring (bicyclic) bond motifs is 1. The molecule has 4 rings (SSSR count). The van der Waals surface area contributed by atoms with Crippen LogP contribution in [0.2, 0.25) is 0 Å². The van der Waals surface area contributed by atoms with E-state index in [2.05, 4.69) is 10.1 Å². The Bertz CT molecular complexity index is 1150. The second kappa shape index (κ2) is 6.74. The van der Waals surface area contributed by atoms with Gasteiger partial charge in [0.2, 0.25) is 0 Å². The first kappa shape index (κ1) is 17.6. The molecule has 0 amide bonds. The minimum atomic E-state index is 0.0756. The lowest BCUT2D eigenvalue weighted by Crippen LogP contribution is -2.06. The summed E-state index contributed by atoms with van der Waals surface area (Å²) >= 11 is 1.46. The second-order valence-electron chi connectivity index (χ2n) is 6.57. The maximum Gasteiger partial charge on any atom is 0.180 e. The number of nitrogens with zero attached hydrogens (tertiary/aromatic N) is 4. The van der Waals surface area contributed by atoms with Gasteiger partial charge in [0.05, 0.1) is 16.8 Å². The highest BCUT2D eigenvalue weighted by molar-refractivity contribution is 7.99. The number of imidazole rings is 1. The average molecular weight is 380 g/mol. The first-order chi connectivity index (χ1) is 13.0. The van der Waals surface area contributed by atoms with Crippen molar-refractivity contribution in [2.75, 3.05) is 5.75 Å². The Morgan fingerprint density at radius 3 is 2.67 bits per heavy atom. The van der Waals surface area contributed by atoms with Gasteiger partial charge in [-0.05, 0) is 39.0 Å². The Hall–Kier alpha value is -2.80. The lowest BCUT2D eigenvalue weighted by atomic mass is 10.2. The number of para-hydroxylation sites is 2. The van der Waals surface area contributed by atoms with Crippen LogP contribution in [0.5, 0.6) is 0 Å². The van der Waals surface area contributed by atoms with Crippen molar-refractivity contribution in [1.29, 1.82) is 0 Å². The van der Waals surface area contributed by atoms with E-state index in [9.17, 15) is 4.79 Å². The molecule has 0 aliphatic rings. The summed E-state index contributed by atoms with van der Waals surface area (Å²) in [5.41, 5.74) is 4.54. The quantitative estimate of drug-likeness (QED) is 0.382. The molecule has 0 N–H and O–H groups in total. The minimum absolute atomic E-state index is 0.0756. The molecule has 3 heterocycles. The number of hydrogen-bond acceptors (Lipinski definition) is 5. The Balaban J connectivity index is 1.57. The number of hydrogen-bond donors (Lipinski definition) is 0. The van der Waals surface area contributed by atoms with Gasteiger partial charge in [-0.15, -0.1) is 0 Å². The number of aryl methyl sites for hydroxylation is 3. The Labute approximate surface area is 161 Å². The van der Waals surface area contributed by atoms with Crippen molar-refractivity contribution in [3.63, 3.8) is 0 Å². The van der Waals surface area contributed by atoms with E-state index in [0.717, 1.165) is 33.3 Å². The smallest absolute Gasteiger partial charge is 0.180 e. The molecule has 0 radical (unpaired) electrons. The number of Topliss-reactive ketones (excluding diaryl/α,β-unsaturated/α-hetero) is 1. The number of thioether (sulfide) groups is 1. The van der Waals surface area contributed by atoms with E-state index in [1.165, 1.54) is 11.8 Å². The zero-order chi connectivity index (χ0) is 19.1. The Kier molecular flexibility index (Phi) is 4.39. The zero-order valence-electron chi connectivity index (χ0n) is 15.7. The van der Waals surface area contributed by atoms with Gasteiger partial charge in [0, 0.05) is 30.1 Å². The van der Waals surface area contributed by atoms with Crippen LogP contribution in [0.4, 0.5) is 0 Å². The van der Waals surface area contributed by atoms with Crippen molar-refractivity contribution in [3.8, 4) is 5.82 Å². The molecule has 0 bridgehead atoms. The Morgan fingerprint density at radius 2 is 1.96 bits per heavy atom. The van der Waals surface area contributed by atoms with Gasteiger partial charge < -0.3 is 9.09 Å².